The van der Waals surface area contributed by atoms with Crippen molar-refractivity contribution in [1.29, 1.82) is 0 Å². The summed E-state index contributed by atoms with van der Waals surface area (Å²) in [6.45, 7) is 3.06. The van der Waals surface area contributed by atoms with E-state index in [1.54, 1.807) is 4.90 Å². The van der Waals surface area contributed by atoms with E-state index < -0.39 is 6.04 Å². The van der Waals surface area contributed by atoms with Crippen molar-refractivity contribution in [3.05, 3.63) is 35.6 Å². The number of amides is 1. The molecule has 2 rings (SSSR count). The van der Waals surface area contributed by atoms with Crippen molar-refractivity contribution < 1.29 is 14.0 Å². The molecule has 1 saturated heterocycles. The molecule has 4 nitrogen and oxygen atoms in total. The summed E-state index contributed by atoms with van der Waals surface area (Å²) in [4.78, 5) is 26.5. The largest absolute Gasteiger partial charge is 0.341 e. The first-order valence-corrected chi connectivity index (χ1v) is 7.87. The zero-order valence-corrected chi connectivity index (χ0v) is 12.9. The molecule has 5 heteroatoms. The molecule has 2 N–H and O–H groups in total. The summed E-state index contributed by atoms with van der Waals surface area (Å²) in [7, 11) is 0. The molecule has 0 aromatic heterocycles. The van der Waals surface area contributed by atoms with Crippen LogP contribution in [0.1, 0.15) is 43.0 Å². The van der Waals surface area contributed by atoms with Crippen molar-refractivity contribution in [3.8, 4) is 0 Å². The lowest BCUT2D eigenvalue weighted by Gasteiger charge is -2.33. The van der Waals surface area contributed by atoms with E-state index in [4.69, 9.17) is 5.73 Å². The van der Waals surface area contributed by atoms with E-state index in [0.29, 0.717) is 25.1 Å². The average Bonchev–Trinajstić information content (AvgIpc) is 2.54. The highest BCUT2D eigenvalue weighted by molar-refractivity contribution is 5.98. The molecule has 1 fully saturated rings. The third-order valence-corrected chi connectivity index (χ3v) is 4.15. The lowest BCUT2D eigenvalue weighted by Crippen LogP contribution is -2.49. The molecule has 0 radical (unpaired) electrons. The van der Waals surface area contributed by atoms with Gasteiger partial charge in [0.05, 0.1) is 6.04 Å². The van der Waals surface area contributed by atoms with E-state index in [0.717, 1.165) is 19.3 Å². The molecule has 1 aromatic rings. The quantitative estimate of drug-likeness (QED) is 0.850. The van der Waals surface area contributed by atoms with Gasteiger partial charge in [-0.2, -0.15) is 0 Å². The van der Waals surface area contributed by atoms with Gasteiger partial charge < -0.3 is 10.6 Å². The Labute approximate surface area is 130 Å². The van der Waals surface area contributed by atoms with Crippen LogP contribution in [-0.2, 0) is 4.79 Å². The number of rotatable bonds is 5. The maximum Gasteiger partial charge on any atom is 0.239 e. The van der Waals surface area contributed by atoms with Crippen LogP contribution < -0.4 is 5.73 Å². The summed E-state index contributed by atoms with van der Waals surface area (Å²) in [6, 6.07) is 5.10. The van der Waals surface area contributed by atoms with Gasteiger partial charge in [-0.05, 0) is 43.5 Å². The first-order valence-electron chi connectivity index (χ1n) is 7.87. The molecule has 2 atom stereocenters. The Morgan fingerprint density at radius 1 is 1.36 bits per heavy atom. The molecule has 1 aliphatic heterocycles. The van der Waals surface area contributed by atoms with Gasteiger partial charge in [-0.15, -0.1) is 0 Å². The molecule has 0 spiro atoms. The Hall–Kier alpha value is -1.75. The van der Waals surface area contributed by atoms with Crippen LogP contribution in [0.15, 0.2) is 24.3 Å². The molecule has 1 amide bonds. The van der Waals surface area contributed by atoms with Crippen LogP contribution in [0.25, 0.3) is 0 Å². The first kappa shape index (κ1) is 16.6. The number of nitrogens with two attached hydrogens (primary N) is 1. The predicted molar refractivity (Wildman–Crippen MR) is 82.9 cm³/mol. The van der Waals surface area contributed by atoms with E-state index in [1.165, 1.54) is 24.3 Å². The number of nitrogens with zero attached hydrogens (tertiary/aromatic N) is 1. The fourth-order valence-corrected chi connectivity index (χ4v) is 2.91. The third kappa shape index (κ3) is 3.91. The van der Waals surface area contributed by atoms with E-state index in [-0.39, 0.29) is 23.4 Å². The van der Waals surface area contributed by atoms with Crippen molar-refractivity contribution in [3.63, 3.8) is 0 Å². The number of hydrogen-bond donors (Lipinski definition) is 1. The van der Waals surface area contributed by atoms with Crippen LogP contribution in [0.5, 0.6) is 0 Å². The highest BCUT2D eigenvalue weighted by Gasteiger charge is 2.30. The van der Waals surface area contributed by atoms with Crippen molar-refractivity contribution in [2.75, 3.05) is 13.1 Å². The monoisotopic (exact) mass is 306 g/mol. The smallest absolute Gasteiger partial charge is 0.239 e. The number of Topliss-reactive ketones (excluding diaryl/α,β-unsaturated/α-hetero) is 1. The van der Waals surface area contributed by atoms with Crippen LogP contribution in [-0.4, -0.2) is 35.7 Å². The van der Waals surface area contributed by atoms with Gasteiger partial charge >= 0.3 is 0 Å². The Morgan fingerprint density at radius 3 is 2.68 bits per heavy atom. The summed E-state index contributed by atoms with van der Waals surface area (Å²) >= 11 is 0. The summed E-state index contributed by atoms with van der Waals surface area (Å²) in [6.07, 6.45) is 3.07. The van der Waals surface area contributed by atoms with Gasteiger partial charge in [-0.1, -0.05) is 13.3 Å². The molecule has 120 valence electrons. The minimum Gasteiger partial charge on any atom is -0.341 e. The van der Waals surface area contributed by atoms with E-state index >= 15 is 0 Å². The minimum absolute atomic E-state index is 0.0263. The highest BCUT2D eigenvalue weighted by Crippen LogP contribution is 2.22. The zero-order valence-electron chi connectivity index (χ0n) is 12.9. The maximum absolute atomic E-state index is 12.9. The van der Waals surface area contributed by atoms with Crippen LogP contribution in [0.4, 0.5) is 4.39 Å². The number of carbonyl (C=O) groups is 2. The summed E-state index contributed by atoms with van der Waals surface area (Å²) in [5.74, 6) is -0.681. The minimum atomic E-state index is -0.482. The summed E-state index contributed by atoms with van der Waals surface area (Å²) in [5, 5.41) is 0. The predicted octanol–water partition coefficient (Wildman–Crippen LogP) is 2.37. The zero-order chi connectivity index (χ0) is 16.1. The Kier molecular flexibility index (Phi) is 5.66. The molecule has 1 aromatic carbocycles. The Bertz CT molecular complexity index is 530. The molecule has 22 heavy (non-hydrogen) atoms. The van der Waals surface area contributed by atoms with Gasteiger partial charge in [0, 0.05) is 24.6 Å². The molecular weight excluding hydrogens is 283 g/mol. The third-order valence-electron chi connectivity index (χ3n) is 4.15. The molecule has 0 bridgehead atoms. The van der Waals surface area contributed by atoms with Gasteiger partial charge in [-0.3, -0.25) is 9.59 Å². The maximum atomic E-state index is 12.9. The average molecular weight is 306 g/mol. The molecule has 1 aliphatic rings. The number of hydrogen-bond acceptors (Lipinski definition) is 3. The highest BCUT2D eigenvalue weighted by atomic mass is 19.1. The van der Waals surface area contributed by atoms with Crippen LogP contribution in [0, 0.1) is 11.7 Å². The van der Waals surface area contributed by atoms with Gasteiger partial charge in [0.25, 0.3) is 0 Å². The number of halogens is 1. The van der Waals surface area contributed by atoms with Crippen LogP contribution in [0.3, 0.4) is 0 Å². The first-order chi connectivity index (χ1) is 10.5. The lowest BCUT2D eigenvalue weighted by molar-refractivity contribution is -0.134. The molecule has 2 unspecified atom stereocenters. The Balaban J connectivity index is 2.02. The fraction of sp³-hybridized carbons (Fsp3) is 0.529. The second kappa shape index (κ2) is 7.49. The number of benzene rings is 1. The summed E-state index contributed by atoms with van der Waals surface area (Å²) < 4.78 is 12.9. The van der Waals surface area contributed by atoms with Gasteiger partial charge in [0.1, 0.15) is 5.82 Å². The second-order valence-electron chi connectivity index (χ2n) is 5.89. The van der Waals surface area contributed by atoms with Crippen LogP contribution >= 0.6 is 0 Å². The number of piperidine rings is 1. The fourth-order valence-electron chi connectivity index (χ4n) is 2.91. The topological polar surface area (TPSA) is 63.4 Å². The molecular formula is C17H23FN2O2. The Morgan fingerprint density at radius 2 is 2.05 bits per heavy atom. The normalized spacial score (nSPS) is 19.8. The van der Waals surface area contributed by atoms with E-state index in [9.17, 15) is 14.0 Å². The van der Waals surface area contributed by atoms with E-state index in [1.807, 2.05) is 6.92 Å². The van der Waals surface area contributed by atoms with Crippen LogP contribution in [0.2, 0.25) is 0 Å². The number of ketones is 1. The second-order valence-corrected chi connectivity index (χ2v) is 5.89. The van der Waals surface area contributed by atoms with Gasteiger partial charge in [0.15, 0.2) is 5.78 Å². The van der Waals surface area contributed by atoms with Gasteiger partial charge in [0.2, 0.25) is 5.91 Å². The van der Waals surface area contributed by atoms with Crippen molar-refractivity contribution in [1.82, 2.24) is 4.90 Å². The van der Waals surface area contributed by atoms with Crippen molar-refractivity contribution in [2.45, 2.75) is 38.6 Å². The summed E-state index contributed by atoms with van der Waals surface area (Å²) in [5.41, 5.74) is 6.39. The van der Waals surface area contributed by atoms with Crippen molar-refractivity contribution in [2.24, 2.45) is 11.7 Å². The number of carbonyl (C=O) groups excluding carboxylic acids is 2. The SMILES string of the molecule is CCCC(N)C(=O)N1CCCC(C(=O)c2ccc(F)cc2)C1. The number of likely N-dealkylation sites (tertiary alicyclic amines) is 1. The van der Waals surface area contributed by atoms with Gasteiger partial charge in [-0.25, -0.2) is 4.39 Å². The molecule has 0 aliphatic carbocycles. The molecule has 1 heterocycles. The lowest BCUT2D eigenvalue weighted by atomic mass is 9.89. The van der Waals surface area contributed by atoms with E-state index in [2.05, 4.69) is 0 Å². The standard InChI is InChI=1S/C17H23FN2O2/c1-2-4-15(19)17(22)20-10-3-5-13(11-20)16(21)12-6-8-14(18)9-7-12/h6-9,13,15H,2-5,10-11,19H2,1H3. The van der Waals surface area contributed by atoms with Crippen molar-refractivity contribution >= 4 is 11.7 Å². The molecule has 0 saturated carbocycles.